The number of carboxylic acid groups (broad SMARTS) is 1. The average Bonchev–Trinajstić information content (AvgIpc) is 2.25. The van der Waals surface area contributed by atoms with Crippen molar-refractivity contribution in [3.05, 3.63) is 35.9 Å². The fourth-order valence-electron chi connectivity index (χ4n) is 1.46. The van der Waals surface area contributed by atoms with Gasteiger partial charge in [0.05, 0.1) is 6.42 Å². The van der Waals surface area contributed by atoms with E-state index in [0.717, 1.165) is 13.0 Å². The van der Waals surface area contributed by atoms with Crippen LogP contribution in [-0.4, -0.2) is 30.2 Å². The molecule has 1 aromatic rings. The van der Waals surface area contributed by atoms with Crippen LogP contribution in [-0.2, 0) is 11.2 Å². The Kier molecular flexibility index (Phi) is 5.53. The van der Waals surface area contributed by atoms with Crippen molar-refractivity contribution in [2.24, 2.45) is 5.73 Å². The first-order chi connectivity index (χ1) is 7.68. The number of aliphatic carboxylic acids is 1. The molecule has 88 valence electrons. The Bertz CT molecular complexity index is 314. The molecule has 1 atom stereocenters. The summed E-state index contributed by atoms with van der Waals surface area (Å²) in [5, 5.41) is 11.7. The quantitative estimate of drug-likeness (QED) is 0.591. The molecule has 4 N–H and O–H groups in total. The second kappa shape index (κ2) is 6.98. The first-order valence-corrected chi connectivity index (χ1v) is 5.40. The molecule has 4 nitrogen and oxygen atoms in total. The second-order valence-electron chi connectivity index (χ2n) is 3.80. The van der Waals surface area contributed by atoms with Gasteiger partial charge in [0, 0.05) is 12.6 Å². The van der Waals surface area contributed by atoms with Gasteiger partial charge in [-0.25, -0.2) is 0 Å². The van der Waals surface area contributed by atoms with Gasteiger partial charge in [0.2, 0.25) is 0 Å². The Morgan fingerprint density at radius 2 is 2.06 bits per heavy atom. The van der Waals surface area contributed by atoms with E-state index < -0.39 is 5.97 Å². The van der Waals surface area contributed by atoms with Gasteiger partial charge in [-0.3, -0.25) is 4.79 Å². The van der Waals surface area contributed by atoms with Gasteiger partial charge >= 0.3 is 5.97 Å². The predicted octanol–water partition coefficient (Wildman–Crippen LogP) is 0.621. The Morgan fingerprint density at radius 1 is 1.38 bits per heavy atom. The molecule has 1 aromatic carbocycles. The van der Waals surface area contributed by atoms with E-state index in [1.165, 1.54) is 5.56 Å². The van der Waals surface area contributed by atoms with Crippen LogP contribution >= 0.6 is 0 Å². The fourth-order valence-corrected chi connectivity index (χ4v) is 1.46. The summed E-state index contributed by atoms with van der Waals surface area (Å²) in [4.78, 5) is 10.4. The molecular formula is C12H18N2O2. The molecule has 0 radical (unpaired) electrons. The van der Waals surface area contributed by atoms with Crippen LogP contribution in [0.15, 0.2) is 30.3 Å². The molecule has 0 fully saturated rings. The van der Waals surface area contributed by atoms with E-state index >= 15 is 0 Å². The molecular weight excluding hydrogens is 204 g/mol. The monoisotopic (exact) mass is 222 g/mol. The summed E-state index contributed by atoms with van der Waals surface area (Å²) in [6.45, 7) is 1.36. The van der Waals surface area contributed by atoms with Crippen molar-refractivity contribution in [2.75, 3.05) is 13.1 Å². The Balaban J connectivity index is 2.10. The second-order valence-corrected chi connectivity index (χ2v) is 3.80. The molecule has 0 aliphatic carbocycles. The molecule has 16 heavy (non-hydrogen) atoms. The molecule has 0 bridgehead atoms. The van der Waals surface area contributed by atoms with E-state index in [1.54, 1.807) is 0 Å². The zero-order chi connectivity index (χ0) is 11.8. The minimum absolute atomic E-state index is 0.0122. The van der Waals surface area contributed by atoms with Crippen LogP contribution in [0.2, 0.25) is 0 Å². The normalized spacial score (nSPS) is 12.3. The van der Waals surface area contributed by atoms with Crippen LogP contribution in [0.4, 0.5) is 0 Å². The van der Waals surface area contributed by atoms with Gasteiger partial charge in [0.25, 0.3) is 0 Å². The molecule has 0 aliphatic heterocycles. The highest BCUT2D eigenvalue weighted by atomic mass is 16.4. The minimum atomic E-state index is -0.850. The van der Waals surface area contributed by atoms with Crippen LogP contribution in [0.1, 0.15) is 12.0 Å². The van der Waals surface area contributed by atoms with E-state index in [4.69, 9.17) is 10.8 Å². The summed E-state index contributed by atoms with van der Waals surface area (Å²) in [7, 11) is 0. The van der Waals surface area contributed by atoms with Crippen LogP contribution in [0.5, 0.6) is 0 Å². The summed E-state index contributed by atoms with van der Waals surface area (Å²) in [6.07, 6.45) is 0.943. The number of rotatable bonds is 7. The highest BCUT2D eigenvalue weighted by Crippen LogP contribution is 1.98. The molecule has 0 amide bonds. The van der Waals surface area contributed by atoms with Gasteiger partial charge < -0.3 is 16.2 Å². The lowest BCUT2D eigenvalue weighted by Gasteiger charge is -2.10. The van der Waals surface area contributed by atoms with E-state index in [1.807, 2.05) is 18.2 Å². The number of nitrogens with one attached hydrogen (secondary N) is 1. The maximum Gasteiger partial charge on any atom is 0.304 e. The summed E-state index contributed by atoms with van der Waals surface area (Å²) in [5.41, 5.74) is 6.88. The van der Waals surface area contributed by atoms with Gasteiger partial charge in [-0.1, -0.05) is 30.3 Å². The van der Waals surface area contributed by atoms with Crippen molar-refractivity contribution in [3.8, 4) is 0 Å². The molecule has 4 heteroatoms. The maximum absolute atomic E-state index is 10.4. The number of hydrogen-bond donors (Lipinski definition) is 3. The standard InChI is InChI=1S/C12H18N2O2/c13-11(8-12(15)16)9-14-7-6-10-4-2-1-3-5-10/h1-5,11,14H,6-9,13H2,(H,15,16). The van der Waals surface area contributed by atoms with Crippen LogP contribution in [0, 0.1) is 0 Å². The number of benzene rings is 1. The number of nitrogens with two attached hydrogens (primary N) is 1. The smallest absolute Gasteiger partial charge is 0.304 e. The topological polar surface area (TPSA) is 75.3 Å². The van der Waals surface area contributed by atoms with Gasteiger partial charge in [-0.05, 0) is 18.5 Å². The van der Waals surface area contributed by atoms with Crippen molar-refractivity contribution < 1.29 is 9.90 Å². The van der Waals surface area contributed by atoms with Gasteiger partial charge in [0.15, 0.2) is 0 Å². The number of hydrogen-bond acceptors (Lipinski definition) is 3. The summed E-state index contributed by atoms with van der Waals surface area (Å²) in [5.74, 6) is -0.850. The molecule has 0 heterocycles. The number of carbonyl (C=O) groups is 1. The van der Waals surface area contributed by atoms with E-state index in [0.29, 0.717) is 6.54 Å². The summed E-state index contributed by atoms with van der Waals surface area (Å²) >= 11 is 0. The summed E-state index contributed by atoms with van der Waals surface area (Å²) in [6, 6.07) is 9.82. The molecule has 1 rings (SSSR count). The van der Waals surface area contributed by atoms with Crippen LogP contribution < -0.4 is 11.1 Å². The van der Waals surface area contributed by atoms with Crippen LogP contribution in [0.25, 0.3) is 0 Å². The van der Waals surface area contributed by atoms with Crippen molar-refractivity contribution in [1.82, 2.24) is 5.32 Å². The lowest BCUT2D eigenvalue weighted by molar-refractivity contribution is -0.137. The lowest BCUT2D eigenvalue weighted by Crippen LogP contribution is -2.36. The van der Waals surface area contributed by atoms with Crippen molar-refractivity contribution in [1.29, 1.82) is 0 Å². The summed E-state index contributed by atoms with van der Waals surface area (Å²) < 4.78 is 0. The molecule has 0 saturated heterocycles. The Hall–Kier alpha value is -1.39. The zero-order valence-corrected chi connectivity index (χ0v) is 9.23. The van der Waals surface area contributed by atoms with Crippen molar-refractivity contribution in [2.45, 2.75) is 18.9 Å². The van der Waals surface area contributed by atoms with Crippen molar-refractivity contribution in [3.63, 3.8) is 0 Å². The van der Waals surface area contributed by atoms with Gasteiger partial charge in [0.1, 0.15) is 0 Å². The van der Waals surface area contributed by atoms with E-state index in [9.17, 15) is 4.79 Å². The fraction of sp³-hybridized carbons (Fsp3) is 0.417. The molecule has 1 unspecified atom stereocenters. The molecule has 0 aliphatic rings. The Labute approximate surface area is 95.5 Å². The maximum atomic E-state index is 10.4. The van der Waals surface area contributed by atoms with Gasteiger partial charge in [-0.2, -0.15) is 0 Å². The molecule has 0 saturated carbocycles. The highest BCUT2D eigenvalue weighted by Gasteiger charge is 2.06. The SMILES string of the molecule is NC(CNCCc1ccccc1)CC(=O)O. The third-order valence-electron chi connectivity index (χ3n) is 2.28. The van der Waals surface area contributed by atoms with E-state index in [-0.39, 0.29) is 12.5 Å². The predicted molar refractivity (Wildman–Crippen MR) is 63.2 cm³/mol. The van der Waals surface area contributed by atoms with Crippen molar-refractivity contribution >= 4 is 5.97 Å². The third kappa shape index (κ3) is 5.48. The average molecular weight is 222 g/mol. The highest BCUT2D eigenvalue weighted by molar-refractivity contribution is 5.67. The first kappa shape index (κ1) is 12.7. The largest absolute Gasteiger partial charge is 0.481 e. The minimum Gasteiger partial charge on any atom is -0.481 e. The van der Waals surface area contributed by atoms with Crippen LogP contribution in [0.3, 0.4) is 0 Å². The Morgan fingerprint density at radius 3 is 2.69 bits per heavy atom. The van der Waals surface area contributed by atoms with Gasteiger partial charge in [-0.15, -0.1) is 0 Å². The van der Waals surface area contributed by atoms with E-state index in [2.05, 4.69) is 17.4 Å². The zero-order valence-electron chi connectivity index (χ0n) is 9.23. The first-order valence-electron chi connectivity index (χ1n) is 5.40. The number of carboxylic acids is 1. The third-order valence-corrected chi connectivity index (χ3v) is 2.28. The lowest BCUT2D eigenvalue weighted by atomic mass is 10.1. The molecule has 0 spiro atoms. The molecule has 0 aromatic heterocycles.